The first-order valence-corrected chi connectivity index (χ1v) is 7.35. The quantitative estimate of drug-likeness (QED) is 0.875. The lowest BCUT2D eigenvalue weighted by Crippen LogP contribution is -2.33. The van der Waals surface area contributed by atoms with E-state index in [0.717, 1.165) is 5.56 Å². The van der Waals surface area contributed by atoms with Gasteiger partial charge in [-0.1, -0.05) is 30.3 Å². The Labute approximate surface area is 128 Å². The van der Waals surface area contributed by atoms with Crippen molar-refractivity contribution in [3.05, 3.63) is 69.6 Å². The van der Waals surface area contributed by atoms with E-state index in [1.807, 2.05) is 30.3 Å². The molecule has 5 heteroatoms. The highest BCUT2D eigenvalue weighted by molar-refractivity contribution is 5.95. The SMILES string of the molecule is Cc1cc(=O)[nH]cc1C(=O)N1C[C@@H](N)[C@H](c2ccccc2)C1. The Morgan fingerprint density at radius 2 is 2.00 bits per heavy atom. The van der Waals surface area contributed by atoms with Gasteiger partial charge in [-0.2, -0.15) is 0 Å². The van der Waals surface area contributed by atoms with Crippen molar-refractivity contribution in [2.75, 3.05) is 13.1 Å². The maximum absolute atomic E-state index is 12.6. The number of amides is 1. The molecule has 2 aromatic rings. The summed E-state index contributed by atoms with van der Waals surface area (Å²) in [5.74, 6) is 0.0656. The number of benzene rings is 1. The van der Waals surface area contributed by atoms with E-state index >= 15 is 0 Å². The zero-order valence-electron chi connectivity index (χ0n) is 12.5. The molecule has 1 aromatic heterocycles. The Hall–Kier alpha value is -2.40. The third-order valence-corrected chi connectivity index (χ3v) is 4.24. The highest BCUT2D eigenvalue weighted by Gasteiger charge is 2.34. The predicted octanol–water partition coefficient (Wildman–Crippen LogP) is 1.25. The standard InChI is InChI=1S/C17H19N3O2/c1-11-7-16(21)19-8-13(11)17(22)20-9-14(15(18)10-20)12-5-3-2-4-6-12/h2-8,14-15H,9-10,18H2,1H3,(H,19,21)/t14-,15+/m0/s1. The zero-order valence-corrected chi connectivity index (χ0v) is 12.5. The van der Waals surface area contributed by atoms with Gasteiger partial charge in [-0.15, -0.1) is 0 Å². The molecule has 0 aliphatic carbocycles. The first-order chi connectivity index (χ1) is 10.6. The second kappa shape index (κ2) is 5.77. The topological polar surface area (TPSA) is 79.2 Å². The lowest BCUT2D eigenvalue weighted by molar-refractivity contribution is 0.0788. The lowest BCUT2D eigenvalue weighted by atomic mass is 9.95. The maximum atomic E-state index is 12.6. The van der Waals surface area contributed by atoms with E-state index < -0.39 is 0 Å². The van der Waals surface area contributed by atoms with Gasteiger partial charge in [0.1, 0.15) is 0 Å². The Bertz CT molecular complexity index is 739. The van der Waals surface area contributed by atoms with Crippen LogP contribution in [0.25, 0.3) is 0 Å². The van der Waals surface area contributed by atoms with E-state index in [0.29, 0.717) is 24.2 Å². The van der Waals surface area contributed by atoms with Crippen molar-refractivity contribution >= 4 is 5.91 Å². The third kappa shape index (κ3) is 2.67. The summed E-state index contributed by atoms with van der Waals surface area (Å²) >= 11 is 0. The molecule has 1 saturated heterocycles. The second-order valence-corrected chi connectivity index (χ2v) is 5.79. The number of nitrogens with zero attached hydrogens (tertiary/aromatic N) is 1. The van der Waals surface area contributed by atoms with Crippen LogP contribution in [0, 0.1) is 6.92 Å². The first kappa shape index (κ1) is 14.5. The molecule has 0 bridgehead atoms. The Balaban J connectivity index is 1.82. The Morgan fingerprint density at radius 3 is 2.68 bits per heavy atom. The molecule has 1 aliphatic rings. The summed E-state index contributed by atoms with van der Waals surface area (Å²) in [4.78, 5) is 28.3. The van der Waals surface area contributed by atoms with Crippen molar-refractivity contribution in [1.82, 2.24) is 9.88 Å². The molecule has 0 radical (unpaired) electrons. The number of nitrogens with one attached hydrogen (secondary N) is 1. The number of nitrogens with two attached hydrogens (primary N) is 1. The highest BCUT2D eigenvalue weighted by atomic mass is 16.2. The number of carbonyl (C=O) groups is 1. The van der Waals surface area contributed by atoms with Crippen LogP contribution in [0.4, 0.5) is 0 Å². The van der Waals surface area contributed by atoms with Crippen LogP contribution in [0.15, 0.2) is 47.4 Å². The number of carbonyl (C=O) groups excluding carboxylic acids is 1. The third-order valence-electron chi connectivity index (χ3n) is 4.24. The summed E-state index contributed by atoms with van der Waals surface area (Å²) in [7, 11) is 0. The summed E-state index contributed by atoms with van der Waals surface area (Å²) in [5, 5.41) is 0. The minimum atomic E-state index is -0.200. The fraction of sp³-hybridized carbons (Fsp3) is 0.294. The smallest absolute Gasteiger partial charge is 0.255 e. The van der Waals surface area contributed by atoms with Crippen molar-refractivity contribution in [3.63, 3.8) is 0 Å². The van der Waals surface area contributed by atoms with E-state index in [9.17, 15) is 9.59 Å². The monoisotopic (exact) mass is 297 g/mol. The summed E-state index contributed by atoms with van der Waals surface area (Å²) in [6, 6.07) is 11.4. The molecule has 0 spiro atoms. The van der Waals surface area contributed by atoms with Crippen LogP contribution >= 0.6 is 0 Å². The number of aryl methyl sites for hydroxylation is 1. The molecule has 2 atom stereocenters. The molecule has 2 heterocycles. The van der Waals surface area contributed by atoms with Crippen molar-refractivity contribution < 1.29 is 4.79 Å². The largest absolute Gasteiger partial charge is 0.336 e. The number of rotatable bonds is 2. The molecule has 1 amide bonds. The number of aromatic amines is 1. The van der Waals surface area contributed by atoms with Gasteiger partial charge in [0, 0.05) is 37.3 Å². The zero-order chi connectivity index (χ0) is 15.7. The lowest BCUT2D eigenvalue weighted by Gasteiger charge is -2.17. The first-order valence-electron chi connectivity index (χ1n) is 7.35. The van der Waals surface area contributed by atoms with E-state index in [-0.39, 0.29) is 23.4 Å². The van der Waals surface area contributed by atoms with Gasteiger partial charge in [-0.25, -0.2) is 0 Å². The molecular weight excluding hydrogens is 278 g/mol. The van der Waals surface area contributed by atoms with Gasteiger partial charge in [-0.05, 0) is 18.1 Å². The molecule has 22 heavy (non-hydrogen) atoms. The van der Waals surface area contributed by atoms with Gasteiger partial charge in [0.15, 0.2) is 0 Å². The summed E-state index contributed by atoms with van der Waals surface area (Å²) < 4.78 is 0. The summed E-state index contributed by atoms with van der Waals surface area (Å²) in [6.45, 7) is 2.90. The van der Waals surface area contributed by atoms with Crippen LogP contribution < -0.4 is 11.3 Å². The van der Waals surface area contributed by atoms with Crippen LogP contribution in [0.5, 0.6) is 0 Å². The minimum absolute atomic E-state index is 0.0746. The second-order valence-electron chi connectivity index (χ2n) is 5.79. The van der Waals surface area contributed by atoms with Crippen molar-refractivity contribution in [3.8, 4) is 0 Å². The Morgan fingerprint density at radius 1 is 1.27 bits per heavy atom. The number of hydrogen-bond donors (Lipinski definition) is 2. The normalized spacial score (nSPS) is 21.1. The number of hydrogen-bond acceptors (Lipinski definition) is 3. The average molecular weight is 297 g/mol. The number of aromatic nitrogens is 1. The van der Waals surface area contributed by atoms with Gasteiger partial charge >= 0.3 is 0 Å². The van der Waals surface area contributed by atoms with Crippen LogP contribution in [0.1, 0.15) is 27.4 Å². The highest BCUT2D eigenvalue weighted by Crippen LogP contribution is 2.27. The fourth-order valence-corrected chi connectivity index (χ4v) is 3.02. The molecule has 1 aliphatic heterocycles. The van der Waals surface area contributed by atoms with Gasteiger partial charge in [0.25, 0.3) is 5.91 Å². The average Bonchev–Trinajstić information content (AvgIpc) is 2.89. The molecule has 0 saturated carbocycles. The van der Waals surface area contributed by atoms with Gasteiger partial charge < -0.3 is 15.6 Å². The van der Waals surface area contributed by atoms with Crippen molar-refractivity contribution in [2.45, 2.75) is 18.9 Å². The van der Waals surface area contributed by atoms with Crippen LogP contribution in [0.3, 0.4) is 0 Å². The van der Waals surface area contributed by atoms with Gasteiger partial charge in [0.05, 0.1) is 5.56 Å². The minimum Gasteiger partial charge on any atom is -0.336 e. The van der Waals surface area contributed by atoms with Crippen molar-refractivity contribution in [2.24, 2.45) is 5.73 Å². The van der Waals surface area contributed by atoms with Crippen LogP contribution in [0.2, 0.25) is 0 Å². The molecule has 114 valence electrons. The van der Waals surface area contributed by atoms with Gasteiger partial charge in [0.2, 0.25) is 5.56 Å². The Kier molecular flexibility index (Phi) is 3.81. The molecule has 3 rings (SSSR count). The maximum Gasteiger partial charge on any atom is 0.255 e. The summed E-state index contributed by atoms with van der Waals surface area (Å²) in [5.41, 5.74) is 8.40. The summed E-state index contributed by atoms with van der Waals surface area (Å²) in [6.07, 6.45) is 1.49. The molecule has 5 nitrogen and oxygen atoms in total. The number of pyridine rings is 1. The van der Waals surface area contributed by atoms with Crippen molar-refractivity contribution in [1.29, 1.82) is 0 Å². The van der Waals surface area contributed by atoms with E-state index in [4.69, 9.17) is 5.73 Å². The van der Waals surface area contributed by atoms with Crippen LogP contribution in [-0.2, 0) is 0 Å². The molecule has 1 aromatic carbocycles. The fourth-order valence-electron chi connectivity index (χ4n) is 3.02. The van der Waals surface area contributed by atoms with E-state index in [1.54, 1.807) is 11.8 Å². The van der Waals surface area contributed by atoms with E-state index in [1.165, 1.54) is 12.3 Å². The molecule has 0 unspecified atom stereocenters. The van der Waals surface area contributed by atoms with E-state index in [2.05, 4.69) is 4.98 Å². The predicted molar refractivity (Wildman–Crippen MR) is 84.9 cm³/mol. The molecule has 3 N–H and O–H groups in total. The molecule has 1 fully saturated rings. The molecular formula is C17H19N3O2. The van der Waals surface area contributed by atoms with Gasteiger partial charge in [-0.3, -0.25) is 9.59 Å². The van der Waals surface area contributed by atoms with Crippen LogP contribution in [-0.4, -0.2) is 34.9 Å². The number of likely N-dealkylation sites (tertiary alicyclic amines) is 1. The number of H-pyrrole nitrogens is 1.